The van der Waals surface area contributed by atoms with E-state index in [4.69, 9.17) is 11.6 Å². The van der Waals surface area contributed by atoms with Gasteiger partial charge in [-0.1, -0.05) is 23.7 Å². The van der Waals surface area contributed by atoms with Crippen molar-refractivity contribution in [1.82, 2.24) is 0 Å². The first kappa shape index (κ1) is 14.8. The van der Waals surface area contributed by atoms with Gasteiger partial charge in [0.1, 0.15) is 0 Å². The average molecular weight is 357 g/mol. The molecule has 0 amide bonds. The molecule has 4 heteroatoms. The lowest BCUT2D eigenvalue weighted by atomic mass is 10.2. The number of thioether (sulfide) groups is 1. The molecule has 0 aliphatic carbocycles. The lowest BCUT2D eigenvalue weighted by molar-refractivity contribution is 1.14. The van der Waals surface area contributed by atoms with Crippen molar-refractivity contribution >= 4 is 45.0 Å². The second kappa shape index (κ2) is 6.69. The van der Waals surface area contributed by atoms with Crippen molar-refractivity contribution < 1.29 is 0 Å². The van der Waals surface area contributed by atoms with Crippen molar-refractivity contribution in [2.75, 3.05) is 11.6 Å². The minimum atomic E-state index is 0.781. The van der Waals surface area contributed by atoms with Gasteiger partial charge in [0, 0.05) is 20.9 Å². The Balaban J connectivity index is 2.07. The molecule has 2 rings (SSSR count). The zero-order chi connectivity index (χ0) is 13.8. The number of benzene rings is 2. The smallest absolute Gasteiger partial charge is 0.0502 e. The van der Waals surface area contributed by atoms with Crippen LogP contribution in [0.4, 0.5) is 5.69 Å². The molecule has 0 spiro atoms. The first-order chi connectivity index (χ1) is 9.10. The third-order valence-corrected chi connectivity index (χ3v) is 4.70. The molecule has 0 saturated carbocycles. The van der Waals surface area contributed by atoms with Crippen LogP contribution in [0.5, 0.6) is 0 Å². The van der Waals surface area contributed by atoms with Crippen molar-refractivity contribution in [3.05, 3.63) is 57.0 Å². The van der Waals surface area contributed by atoms with Crippen molar-refractivity contribution in [2.45, 2.75) is 18.4 Å². The molecule has 0 bridgehead atoms. The lowest BCUT2D eigenvalue weighted by Gasteiger charge is -2.11. The van der Waals surface area contributed by atoms with Crippen molar-refractivity contribution in [1.29, 1.82) is 0 Å². The van der Waals surface area contributed by atoms with Gasteiger partial charge in [-0.3, -0.25) is 0 Å². The summed E-state index contributed by atoms with van der Waals surface area (Å²) in [5, 5.41) is 4.18. The van der Waals surface area contributed by atoms with E-state index in [0.29, 0.717) is 0 Å². The first-order valence-electron chi connectivity index (χ1n) is 5.92. The van der Waals surface area contributed by atoms with E-state index in [2.05, 4.69) is 51.8 Å². The van der Waals surface area contributed by atoms with E-state index in [1.165, 1.54) is 10.5 Å². The standard InChI is InChI=1S/C15H15BrClNS/c1-10-7-13(16)15(8-14(10)17)18-9-11-3-5-12(19-2)6-4-11/h3-8,18H,9H2,1-2H3. The van der Waals surface area contributed by atoms with Gasteiger partial charge in [-0.05, 0) is 64.5 Å². The second-order valence-electron chi connectivity index (χ2n) is 4.28. The highest BCUT2D eigenvalue weighted by Gasteiger charge is 2.04. The van der Waals surface area contributed by atoms with Crippen LogP contribution in [0.25, 0.3) is 0 Å². The number of anilines is 1. The Morgan fingerprint density at radius 3 is 2.53 bits per heavy atom. The summed E-state index contributed by atoms with van der Waals surface area (Å²) in [4.78, 5) is 1.28. The Labute approximate surface area is 131 Å². The van der Waals surface area contributed by atoms with Crippen LogP contribution in [0.1, 0.15) is 11.1 Å². The summed E-state index contributed by atoms with van der Waals surface area (Å²) in [7, 11) is 0. The van der Waals surface area contributed by atoms with Gasteiger partial charge in [0.05, 0.1) is 5.69 Å². The van der Waals surface area contributed by atoms with Gasteiger partial charge in [0.15, 0.2) is 0 Å². The Morgan fingerprint density at radius 2 is 1.89 bits per heavy atom. The third kappa shape index (κ3) is 3.91. The van der Waals surface area contributed by atoms with Gasteiger partial charge < -0.3 is 5.32 Å². The summed E-state index contributed by atoms with van der Waals surface area (Å²) in [6, 6.07) is 12.5. The number of halogens is 2. The molecule has 0 unspecified atom stereocenters. The van der Waals surface area contributed by atoms with Crippen LogP contribution < -0.4 is 5.32 Å². The van der Waals surface area contributed by atoms with Crippen LogP contribution in [0.15, 0.2) is 45.8 Å². The molecular formula is C15H15BrClNS. The number of nitrogens with one attached hydrogen (secondary N) is 1. The van der Waals surface area contributed by atoms with Gasteiger partial charge in [0.25, 0.3) is 0 Å². The lowest BCUT2D eigenvalue weighted by Crippen LogP contribution is -2.00. The van der Waals surface area contributed by atoms with Crippen molar-refractivity contribution in [3.8, 4) is 0 Å². The van der Waals surface area contributed by atoms with Crippen LogP contribution in [0.2, 0.25) is 5.02 Å². The summed E-state index contributed by atoms with van der Waals surface area (Å²) < 4.78 is 1.04. The van der Waals surface area contributed by atoms with Crippen LogP contribution in [0, 0.1) is 6.92 Å². The molecule has 100 valence electrons. The zero-order valence-corrected chi connectivity index (χ0v) is 14.0. The van der Waals surface area contributed by atoms with E-state index in [1.54, 1.807) is 11.8 Å². The summed E-state index contributed by atoms with van der Waals surface area (Å²) >= 11 is 11.4. The summed E-state index contributed by atoms with van der Waals surface area (Å²) in [5.74, 6) is 0. The van der Waals surface area contributed by atoms with Gasteiger partial charge >= 0.3 is 0 Å². The quantitative estimate of drug-likeness (QED) is 0.700. The largest absolute Gasteiger partial charge is 0.380 e. The van der Waals surface area contributed by atoms with Crippen LogP contribution in [-0.4, -0.2) is 6.26 Å². The molecule has 2 aromatic rings. The number of hydrogen-bond donors (Lipinski definition) is 1. The molecule has 0 heterocycles. The summed E-state index contributed by atoms with van der Waals surface area (Å²) in [6.07, 6.45) is 2.08. The molecule has 2 aromatic carbocycles. The minimum absolute atomic E-state index is 0.781. The van der Waals surface area contributed by atoms with Gasteiger partial charge in [-0.15, -0.1) is 11.8 Å². The predicted octanol–water partition coefficient (Wildman–Crippen LogP) is 5.74. The van der Waals surface area contributed by atoms with E-state index < -0.39 is 0 Å². The molecule has 1 nitrogen and oxygen atoms in total. The molecule has 0 aliphatic heterocycles. The highest BCUT2D eigenvalue weighted by Crippen LogP contribution is 2.29. The normalized spacial score (nSPS) is 10.5. The van der Waals surface area contributed by atoms with Crippen LogP contribution in [0.3, 0.4) is 0 Å². The van der Waals surface area contributed by atoms with Crippen LogP contribution >= 0.6 is 39.3 Å². The fourth-order valence-corrected chi connectivity index (χ4v) is 2.89. The Kier molecular flexibility index (Phi) is 5.20. The second-order valence-corrected chi connectivity index (χ2v) is 6.42. The minimum Gasteiger partial charge on any atom is -0.380 e. The molecular weight excluding hydrogens is 342 g/mol. The van der Waals surface area contributed by atoms with E-state index in [9.17, 15) is 0 Å². The average Bonchev–Trinajstić information content (AvgIpc) is 2.42. The Bertz CT molecular complexity index is 569. The van der Waals surface area contributed by atoms with E-state index >= 15 is 0 Å². The van der Waals surface area contributed by atoms with Gasteiger partial charge in [-0.25, -0.2) is 0 Å². The SMILES string of the molecule is CSc1ccc(CNc2cc(Cl)c(C)cc2Br)cc1. The molecule has 0 fully saturated rings. The Morgan fingerprint density at radius 1 is 1.21 bits per heavy atom. The monoisotopic (exact) mass is 355 g/mol. The van der Waals surface area contributed by atoms with Gasteiger partial charge in [0.2, 0.25) is 0 Å². The van der Waals surface area contributed by atoms with Crippen molar-refractivity contribution in [2.24, 2.45) is 0 Å². The molecule has 0 atom stereocenters. The topological polar surface area (TPSA) is 12.0 Å². The van der Waals surface area contributed by atoms with E-state index in [0.717, 1.165) is 27.3 Å². The maximum atomic E-state index is 6.14. The maximum absolute atomic E-state index is 6.14. The highest BCUT2D eigenvalue weighted by molar-refractivity contribution is 9.10. The molecule has 1 N–H and O–H groups in total. The predicted molar refractivity (Wildman–Crippen MR) is 89.4 cm³/mol. The zero-order valence-electron chi connectivity index (χ0n) is 10.8. The number of aryl methyl sites for hydroxylation is 1. The van der Waals surface area contributed by atoms with Gasteiger partial charge in [-0.2, -0.15) is 0 Å². The molecule has 0 saturated heterocycles. The first-order valence-corrected chi connectivity index (χ1v) is 8.32. The third-order valence-electron chi connectivity index (χ3n) is 2.89. The van der Waals surface area contributed by atoms with E-state index in [1.807, 2.05) is 19.1 Å². The summed E-state index contributed by atoms with van der Waals surface area (Å²) in [5.41, 5.74) is 3.34. The Hall–Kier alpha value is -0.640. The maximum Gasteiger partial charge on any atom is 0.0502 e. The van der Waals surface area contributed by atoms with Crippen molar-refractivity contribution in [3.63, 3.8) is 0 Å². The molecule has 19 heavy (non-hydrogen) atoms. The van der Waals surface area contributed by atoms with E-state index in [-0.39, 0.29) is 0 Å². The fourth-order valence-electron chi connectivity index (χ4n) is 1.72. The summed E-state index contributed by atoms with van der Waals surface area (Å²) in [6.45, 7) is 2.78. The number of rotatable bonds is 4. The van der Waals surface area contributed by atoms with Crippen LogP contribution in [-0.2, 0) is 6.54 Å². The molecule has 0 aromatic heterocycles. The molecule has 0 aliphatic rings. The number of hydrogen-bond acceptors (Lipinski definition) is 2. The fraction of sp³-hybridized carbons (Fsp3) is 0.200. The highest BCUT2D eigenvalue weighted by atomic mass is 79.9. The molecule has 0 radical (unpaired) electrons.